The Morgan fingerprint density at radius 1 is 1.57 bits per heavy atom. The van der Waals surface area contributed by atoms with Crippen LogP contribution in [0.3, 0.4) is 0 Å². The number of anilines is 1. The number of ether oxygens (including phenoxy) is 1. The van der Waals surface area contributed by atoms with Gasteiger partial charge in [0.05, 0.1) is 21.7 Å². The summed E-state index contributed by atoms with van der Waals surface area (Å²) in [6.07, 6.45) is -0.106. The van der Waals surface area contributed by atoms with Crippen LogP contribution in [-0.2, 0) is 14.1 Å². The number of H-pyrrole nitrogens is 1. The number of hydrogen-bond acceptors (Lipinski definition) is 9. The molecule has 1 unspecified atom stereocenters. The Bertz CT molecular complexity index is 962. The Labute approximate surface area is 174 Å². The Morgan fingerprint density at radius 2 is 2.30 bits per heavy atom. The summed E-state index contributed by atoms with van der Waals surface area (Å²) >= 11 is 0. The van der Waals surface area contributed by atoms with E-state index in [1.165, 1.54) is 10.9 Å². The van der Waals surface area contributed by atoms with E-state index in [1.807, 2.05) is 19.0 Å². The summed E-state index contributed by atoms with van der Waals surface area (Å²) in [7, 11) is 3.35. The SMILES string of the molecule is CC(C)C(=O)Nc1nc2c(ncn2[C@H]2C[C@](O)(POCN(C)C)[C@@H](CO)O2)c(=O)[nH]1. The van der Waals surface area contributed by atoms with Gasteiger partial charge in [-0.3, -0.25) is 29.4 Å². The van der Waals surface area contributed by atoms with Crippen LogP contribution in [-0.4, -0.2) is 79.4 Å². The molecule has 13 heteroatoms. The van der Waals surface area contributed by atoms with Gasteiger partial charge in [0.1, 0.15) is 24.4 Å². The molecule has 1 fully saturated rings. The number of fused-ring (bicyclic) bond motifs is 1. The molecule has 2 aromatic rings. The van der Waals surface area contributed by atoms with Crippen molar-refractivity contribution in [1.29, 1.82) is 0 Å². The summed E-state index contributed by atoms with van der Waals surface area (Å²) in [6, 6.07) is 0. The molecule has 0 bridgehead atoms. The van der Waals surface area contributed by atoms with E-state index in [9.17, 15) is 19.8 Å². The number of imidazole rings is 1. The number of nitrogens with zero attached hydrogens (tertiary/aromatic N) is 4. The number of amides is 1. The van der Waals surface area contributed by atoms with Gasteiger partial charge < -0.3 is 19.5 Å². The summed E-state index contributed by atoms with van der Waals surface area (Å²) in [6.45, 7) is 3.35. The molecular weight excluding hydrogens is 415 g/mol. The van der Waals surface area contributed by atoms with E-state index in [4.69, 9.17) is 9.26 Å². The van der Waals surface area contributed by atoms with Crippen molar-refractivity contribution < 1.29 is 24.3 Å². The minimum atomic E-state index is -1.40. The second-order valence-electron chi connectivity index (χ2n) is 7.73. The minimum absolute atomic E-state index is 0.00360. The lowest BCUT2D eigenvalue weighted by molar-refractivity contribution is -0.118. The van der Waals surface area contributed by atoms with Gasteiger partial charge in [0, 0.05) is 12.3 Å². The van der Waals surface area contributed by atoms with Crippen molar-refractivity contribution in [2.45, 2.75) is 37.9 Å². The van der Waals surface area contributed by atoms with E-state index in [1.54, 1.807) is 13.8 Å². The van der Waals surface area contributed by atoms with Gasteiger partial charge in [0.25, 0.3) is 5.56 Å². The summed E-state index contributed by atoms with van der Waals surface area (Å²) in [4.78, 5) is 37.0. The zero-order valence-corrected chi connectivity index (χ0v) is 18.2. The van der Waals surface area contributed by atoms with Crippen LogP contribution < -0.4 is 10.9 Å². The van der Waals surface area contributed by atoms with Gasteiger partial charge >= 0.3 is 0 Å². The molecule has 1 aliphatic rings. The predicted octanol–water partition coefficient (Wildman–Crippen LogP) is -0.188. The lowest BCUT2D eigenvalue weighted by atomic mass is 10.2. The highest BCUT2D eigenvalue weighted by atomic mass is 31.1. The van der Waals surface area contributed by atoms with Crippen molar-refractivity contribution in [1.82, 2.24) is 24.4 Å². The second kappa shape index (κ2) is 9.04. The number of aromatic amines is 1. The first-order valence-corrected chi connectivity index (χ1v) is 10.4. The van der Waals surface area contributed by atoms with E-state index >= 15 is 0 Å². The van der Waals surface area contributed by atoms with Crippen LogP contribution in [0.1, 0.15) is 26.5 Å². The number of hydrogen-bond donors (Lipinski definition) is 4. The molecule has 0 aromatic carbocycles. The first-order valence-electron chi connectivity index (χ1n) is 9.44. The largest absolute Gasteiger partial charge is 0.394 e. The highest BCUT2D eigenvalue weighted by molar-refractivity contribution is 7.34. The molecule has 12 nitrogen and oxygen atoms in total. The highest BCUT2D eigenvalue weighted by Crippen LogP contribution is 2.48. The summed E-state index contributed by atoms with van der Waals surface area (Å²) in [5.74, 6) is -0.594. The van der Waals surface area contributed by atoms with Crippen LogP contribution in [0.2, 0.25) is 0 Å². The van der Waals surface area contributed by atoms with Gasteiger partial charge in [-0.25, -0.2) is 4.98 Å². The zero-order chi connectivity index (χ0) is 22.1. The monoisotopic (exact) mass is 442 g/mol. The number of aliphatic hydroxyl groups is 2. The minimum Gasteiger partial charge on any atom is -0.394 e. The number of nitrogens with one attached hydrogen (secondary N) is 2. The molecule has 4 N–H and O–H groups in total. The Morgan fingerprint density at radius 3 is 2.93 bits per heavy atom. The van der Waals surface area contributed by atoms with Crippen LogP contribution in [0, 0.1) is 5.92 Å². The van der Waals surface area contributed by atoms with Crippen LogP contribution in [0.5, 0.6) is 0 Å². The van der Waals surface area contributed by atoms with E-state index < -0.39 is 29.8 Å². The van der Waals surface area contributed by atoms with Crippen molar-refractivity contribution in [3.8, 4) is 0 Å². The third-order valence-electron chi connectivity index (χ3n) is 4.59. The molecule has 3 heterocycles. The molecule has 0 saturated carbocycles. The van der Waals surface area contributed by atoms with Crippen molar-refractivity contribution in [2.24, 2.45) is 5.92 Å². The predicted molar refractivity (Wildman–Crippen MR) is 110 cm³/mol. The van der Waals surface area contributed by atoms with Crippen LogP contribution in [0.4, 0.5) is 5.95 Å². The molecule has 166 valence electrons. The van der Waals surface area contributed by atoms with Crippen molar-refractivity contribution in [3.05, 3.63) is 16.7 Å². The molecule has 4 atom stereocenters. The van der Waals surface area contributed by atoms with Crippen molar-refractivity contribution >= 4 is 31.8 Å². The number of carbonyl (C=O) groups is 1. The maximum absolute atomic E-state index is 12.4. The van der Waals surface area contributed by atoms with E-state index in [2.05, 4.69) is 20.3 Å². The maximum atomic E-state index is 12.4. The van der Waals surface area contributed by atoms with Gasteiger partial charge in [-0.2, -0.15) is 4.98 Å². The van der Waals surface area contributed by atoms with E-state index in [0.717, 1.165) is 0 Å². The maximum Gasteiger partial charge on any atom is 0.280 e. The number of aromatic nitrogens is 4. The standard InChI is InChI=1S/C17H27N6O6P/c1-9(2)14(25)20-16-19-13-12(15(26)21-16)18-7-23(13)11-5-17(27,10(6-24)29-11)30-28-8-22(3)4/h7,9-11,24,27,30H,5-6,8H2,1-4H3,(H2,19,20,21,25,26)/t10-,11-,17+/m1/s1. The fraction of sp³-hybridized carbons (Fsp3) is 0.647. The summed E-state index contributed by atoms with van der Waals surface area (Å²) in [5, 5.41) is 21.8. The molecule has 0 spiro atoms. The van der Waals surface area contributed by atoms with Crippen molar-refractivity contribution in [2.75, 3.05) is 32.7 Å². The fourth-order valence-electron chi connectivity index (χ4n) is 2.96. The van der Waals surface area contributed by atoms with Crippen LogP contribution >= 0.6 is 8.81 Å². The summed E-state index contributed by atoms with van der Waals surface area (Å²) < 4.78 is 12.9. The molecule has 3 rings (SSSR count). The van der Waals surface area contributed by atoms with Gasteiger partial charge in [-0.05, 0) is 14.1 Å². The quantitative estimate of drug-likeness (QED) is 0.322. The second-order valence-corrected chi connectivity index (χ2v) is 9.09. The lowest BCUT2D eigenvalue weighted by Crippen LogP contribution is -2.36. The zero-order valence-electron chi connectivity index (χ0n) is 17.2. The smallest absolute Gasteiger partial charge is 0.280 e. The van der Waals surface area contributed by atoms with Gasteiger partial charge in [0.15, 0.2) is 11.2 Å². The molecule has 0 radical (unpaired) electrons. The van der Waals surface area contributed by atoms with E-state index in [0.29, 0.717) is 6.73 Å². The molecule has 30 heavy (non-hydrogen) atoms. The Balaban J connectivity index is 1.88. The molecule has 1 aliphatic heterocycles. The number of carbonyl (C=O) groups excluding carboxylic acids is 1. The molecule has 0 aliphatic carbocycles. The molecule has 1 saturated heterocycles. The van der Waals surface area contributed by atoms with Gasteiger partial charge in [-0.15, -0.1) is 0 Å². The first kappa shape index (κ1) is 22.7. The third-order valence-corrected chi connectivity index (χ3v) is 5.74. The van der Waals surface area contributed by atoms with Crippen LogP contribution in [0.25, 0.3) is 11.2 Å². The van der Waals surface area contributed by atoms with Crippen LogP contribution in [0.15, 0.2) is 11.1 Å². The summed E-state index contributed by atoms with van der Waals surface area (Å²) in [5.41, 5.74) is -0.245. The number of rotatable bonds is 8. The first-order chi connectivity index (χ1) is 14.1. The van der Waals surface area contributed by atoms with Gasteiger partial charge in [0.2, 0.25) is 11.9 Å². The molecular formula is C17H27N6O6P. The Kier molecular flexibility index (Phi) is 6.85. The normalized spacial score (nSPS) is 24.7. The average Bonchev–Trinajstić information content (AvgIpc) is 3.22. The Hall–Kier alpha value is -1.95. The fourth-order valence-corrected chi connectivity index (χ4v) is 4.08. The molecule has 2 aromatic heterocycles. The highest BCUT2D eigenvalue weighted by Gasteiger charge is 2.49. The van der Waals surface area contributed by atoms with Crippen molar-refractivity contribution in [3.63, 3.8) is 0 Å². The van der Waals surface area contributed by atoms with Gasteiger partial charge in [-0.1, -0.05) is 13.8 Å². The average molecular weight is 442 g/mol. The lowest BCUT2D eigenvalue weighted by Gasteiger charge is -2.26. The third kappa shape index (κ3) is 4.69. The van der Waals surface area contributed by atoms with E-state index in [-0.39, 0.29) is 44.2 Å². The number of aliphatic hydroxyl groups excluding tert-OH is 1. The molecule has 1 amide bonds. The topological polar surface area (TPSA) is 155 Å².